The summed E-state index contributed by atoms with van der Waals surface area (Å²) >= 11 is 0. The van der Waals surface area contributed by atoms with E-state index < -0.39 is 0 Å². The van der Waals surface area contributed by atoms with Crippen molar-refractivity contribution in [2.45, 2.75) is 19.4 Å². The SMILES string of the molecule is C=CCN(CC=C)C(C)CC(=O)C=[N+]=[N-]. The van der Waals surface area contributed by atoms with Crippen LogP contribution in [0.2, 0.25) is 0 Å². The van der Waals surface area contributed by atoms with Crippen LogP contribution in [0.3, 0.4) is 0 Å². The van der Waals surface area contributed by atoms with Crippen molar-refractivity contribution in [1.29, 1.82) is 0 Å². The summed E-state index contributed by atoms with van der Waals surface area (Å²) in [7, 11) is 0. The van der Waals surface area contributed by atoms with Gasteiger partial charge in [0, 0.05) is 25.6 Å². The minimum Gasteiger partial charge on any atom is -0.361 e. The minimum atomic E-state index is -0.192. The van der Waals surface area contributed by atoms with Gasteiger partial charge >= 0.3 is 6.21 Å². The molecule has 0 N–H and O–H groups in total. The molecule has 0 rings (SSSR count). The summed E-state index contributed by atoms with van der Waals surface area (Å²) in [4.78, 5) is 15.9. The van der Waals surface area contributed by atoms with Crippen molar-refractivity contribution in [2.24, 2.45) is 0 Å². The molecule has 4 nitrogen and oxygen atoms in total. The van der Waals surface area contributed by atoms with Crippen molar-refractivity contribution in [3.05, 3.63) is 30.8 Å². The standard InChI is InChI=1S/C11H17N3O/c1-4-6-14(7-5-2)10(3)8-11(15)9-13-12/h4-5,9-10H,1-2,6-8H2,3H3. The molecule has 0 aromatic rings. The summed E-state index contributed by atoms with van der Waals surface area (Å²) in [6.07, 6.45) is 4.82. The van der Waals surface area contributed by atoms with Crippen LogP contribution in [0.4, 0.5) is 0 Å². The van der Waals surface area contributed by atoms with E-state index in [1.807, 2.05) is 6.92 Å². The van der Waals surface area contributed by atoms with Crippen LogP contribution >= 0.6 is 0 Å². The van der Waals surface area contributed by atoms with E-state index in [9.17, 15) is 4.79 Å². The Morgan fingerprint density at radius 1 is 1.47 bits per heavy atom. The average molecular weight is 207 g/mol. The molecule has 15 heavy (non-hydrogen) atoms. The molecule has 1 atom stereocenters. The van der Waals surface area contributed by atoms with E-state index in [1.54, 1.807) is 12.2 Å². The van der Waals surface area contributed by atoms with Crippen molar-refractivity contribution in [3.63, 3.8) is 0 Å². The van der Waals surface area contributed by atoms with Crippen LogP contribution in [-0.2, 0) is 4.79 Å². The zero-order valence-electron chi connectivity index (χ0n) is 9.09. The lowest BCUT2D eigenvalue weighted by Gasteiger charge is -2.25. The number of carbonyl (C=O) groups is 1. The Kier molecular flexibility index (Phi) is 7.06. The number of carbonyl (C=O) groups excluding carboxylic acids is 1. The summed E-state index contributed by atoms with van der Waals surface area (Å²) in [5.41, 5.74) is 8.20. The van der Waals surface area contributed by atoms with Gasteiger partial charge in [-0.25, -0.2) is 0 Å². The van der Waals surface area contributed by atoms with Crippen LogP contribution in [0.5, 0.6) is 0 Å². The Hall–Kier alpha value is -1.51. The van der Waals surface area contributed by atoms with Crippen LogP contribution < -0.4 is 0 Å². The molecular weight excluding hydrogens is 190 g/mol. The fraction of sp³-hybridized carbons (Fsp3) is 0.455. The number of rotatable bonds is 8. The molecule has 0 saturated carbocycles. The highest BCUT2D eigenvalue weighted by molar-refractivity contribution is 6.25. The van der Waals surface area contributed by atoms with Gasteiger partial charge in [-0.05, 0) is 6.92 Å². The van der Waals surface area contributed by atoms with E-state index in [1.165, 1.54) is 0 Å². The largest absolute Gasteiger partial charge is 0.361 e. The molecule has 4 heteroatoms. The molecule has 0 heterocycles. The van der Waals surface area contributed by atoms with Crippen LogP contribution in [0.1, 0.15) is 13.3 Å². The number of Topliss-reactive ketones (excluding diaryl/α,β-unsaturated/α-hetero) is 1. The lowest BCUT2D eigenvalue weighted by molar-refractivity contribution is -0.117. The molecule has 1 unspecified atom stereocenters. The Morgan fingerprint density at radius 2 is 2.00 bits per heavy atom. The Balaban J connectivity index is 4.28. The zero-order valence-corrected chi connectivity index (χ0v) is 9.09. The maximum absolute atomic E-state index is 11.2. The first-order valence-corrected chi connectivity index (χ1v) is 4.81. The molecule has 0 radical (unpaired) electrons. The van der Waals surface area contributed by atoms with Gasteiger partial charge in [-0.1, -0.05) is 12.2 Å². The first-order valence-electron chi connectivity index (χ1n) is 4.81. The van der Waals surface area contributed by atoms with Crippen LogP contribution in [-0.4, -0.2) is 40.8 Å². The van der Waals surface area contributed by atoms with Gasteiger partial charge in [0.05, 0.1) is 0 Å². The second-order valence-corrected chi connectivity index (χ2v) is 3.30. The molecule has 0 aromatic heterocycles. The van der Waals surface area contributed by atoms with Crippen molar-refractivity contribution in [2.75, 3.05) is 13.1 Å². The maximum atomic E-state index is 11.2. The molecule has 0 bridgehead atoms. The molecule has 0 saturated heterocycles. The molecule has 0 aliphatic carbocycles. The maximum Gasteiger partial charge on any atom is 0.323 e. The van der Waals surface area contributed by atoms with Crippen LogP contribution in [0.25, 0.3) is 5.53 Å². The molecule has 0 spiro atoms. The summed E-state index contributed by atoms with van der Waals surface area (Å²) in [5, 5.41) is 0. The van der Waals surface area contributed by atoms with Gasteiger partial charge in [0.2, 0.25) is 5.78 Å². The third kappa shape index (κ3) is 5.73. The average Bonchev–Trinajstić information content (AvgIpc) is 2.17. The van der Waals surface area contributed by atoms with Crippen LogP contribution in [0.15, 0.2) is 25.3 Å². The number of nitrogens with zero attached hydrogens (tertiary/aromatic N) is 3. The monoisotopic (exact) mass is 207 g/mol. The molecular formula is C11H17N3O. The smallest absolute Gasteiger partial charge is 0.323 e. The molecule has 0 amide bonds. The van der Waals surface area contributed by atoms with E-state index in [4.69, 9.17) is 5.53 Å². The van der Waals surface area contributed by atoms with Gasteiger partial charge < -0.3 is 5.53 Å². The molecule has 0 aromatic carbocycles. The zero-order chi connectivity index (χ0) is 11.7. The molecule has 0 aliphatic heterocycles. The van der Waals surface area contributed by atoms with Gasteiger partial charge in [-0.2, -0.15) is 4.79 Å². The Bertz CT molecular complexity index is 270. The van der Waals surface area contributed by atoms with Crippen molar-refractivity contribution >= 4 is 12.0 Å². The highest BCUT2D eigenvalue weighted by Gasteiger charge is 2.15. The second-order valence-electron chi connectivity index (χ2n) is 3.30. The summed E-state index contributed by atoms with van der Waals surface area (Å²) in [6, 6.07) is 0.0755. The lowest BCUT2D eigenvalue weighted by Crippen LogP contribution is -2.35. The Morgan fingerprint density at radius 3 is 2.40 bits per heavy atom. The summed E-state index contributed by atoms with van der Waals surface area (Å²) in [5.74, 6) is -0.192. The lowest BCUT2D eigenvalue weighted by atomic mass is 10.1. The van der Waals surface area contributed by atoms with Gasteiger partial charge in [0.25, 0.3) is 0 Å². The summed E-state index contributed by atoms with van der Waals surface area (Å²) in [6.45, 7) is 10.7. The van der Waals surface area contributed by atoms with E-state index >= 15 is 0 Å². The van der Waals surface area contributed by atoms with Crippen molar-refractivity contribution < 1.29 is 9.58 Å². The summed E-state index contributed by atoms with van der Waals surface area (Å²) < 4.78 is 0. The first-order chi connectivity index (χ1) is 7.15. The molecule has 0 aliphatic rings. The quantitative estimate of drug-likeness (QED) is 0.261. The molecule has 82 valence electrons. The fourth-order valence-electron chi connectivity index (χ4n) is 1.30. The highest BCUT2D eigenvalue weighted by Crippen LogP contribution is 2.03. The highest BCUT2D eigenvalue weighted by atomic mass is 16.1. The van der Waals surface area contributed by atoms with Crippen molar-refractivity contribution in [3.8, 4) is 0 Å². The Labute approximate surface area is 90.5 Å². The van der Waals surface area contributed by atoms with Crippen molar-refractivity contribution in [1.82, 2.24) is 4.90 Å². The predicted octanol–water partition coefficient (Wildman–Crippen LogP) is 1.31. The van der Waals surface area contributed by atoms with Crippen LogP contribution in [0, 0.1) is 0 Å². The third-order valence-electron chi connectivity index (χ3n) is 2.05. The second kappa shape index (κ2) is 7.85. The number of hydrogen-bond donors (Lipinski definition) is 0. The van der Waals surface area contributed by atoms with E-state index in [-0.39, 0.29) is 11.8 Å². The fourth-order valence-corrected chi connectivity index (χ4v) is 1.30. The number of hydrogen-bond acceptors (Lipinski definition) is 2. The van der Waals surface area contributed by atoms with Gasteiger partial charge in [-0.15, -0.1) is 13.2 Å². The first kappa shape index (κ1) is 13.5. The minimum absolute atomic E-state index is 0.0755. The topological polar surface area (TPSA) is 56.7 Å². The van der Waals surface area contributed by atoms with Gasteiger partial charge in [0.15, 0.2) is 0 Å². The van der Waals surface area contributed by atoms with Gasteiger partial charge in [0.1, 0.15) is 0 Å². The predicted molar refractivity (Wildman–Crippen MR) is 60.7 cm³/mol. The normalized spacial score (nSPS) is 11.6. The van der Waals surface area contributed by atoms with E-state index in [0.717, 1.165) is 6.21 Å². The number of ketones is 1. The third-order valence-corrected chi connectivity index (χ3v) is 2.05. The van der Waals surface area contributed by atoms with E-state index in [0.29, 0.717) is 19.5 Å². The van der Waals surface area contributed by atoms with E-state index in [2.05, 4.69) is 22.8 Å². The molecule has 0 fully saturated rings. The van der Waals surface area contributed by atoms with Gasteiger partial charge in [-0.3, -0.25) is 9.69 Å².